The van der Waals surface area contributed by atoms with Gasteiger partial charge in [-0.05, 0) is 31.0 Å². The summed E-state index contributed by atoms with van der Waals surface area (Å²) >= 11 is 6.44. The largest absolute Gasteiger partial charge is 0.353 e. The molecule has 0 atom stereocenters. The number of benzene rings is 2. The second-order valence-electron chi connectivity index (χ2n) is 5.49. The minimum atomic E-state index is -0.128. The highest BCUT2D eigenvalue weighted by molar-refractivity contribution is 6.33. The van der Waals surface area contributed by atoms with Crippen molar-refractivity contribution in [3.05, 3.63) is 59.1 Å². The van der Waals surface area contributed by atoms with Gasteiger partial charge in [0.1, 0.15) is 0 Å². The first-order chi connectivity index (χ1) is 11.7. The molecule has 0 aliphatic rings. The molecule has 0 radical (unpaired) electrons. The zero-order chi connectivity index (χ0) is 17.2. The van der Waals surface area contributed by atoms with Crippen molar-refractivity contribution in [1.29, 1.82) is 0 Å². The van der Waals surface area contributed by atoms with Gasteiger partial charge in [0.2, 0.25) is 0 Å². The zero-order valence-corrected chi connectivity index (χ0v) is 15.2. The van der Waals surface area contributed by atoms with Gasteiger partial charge in [-0.1, -0.05) is 54.1 Å². The van der Waals surface area contributed by atoms with Crippen LogP contribution in [0.3, 0.4) is 0 Å². The molecule has 2 aromatic carbocycles. The molecule has 0 aromatic heterocycles. The minimum absolute atomic E-state index is 0.128. The van der Waals surface area contributed by atoms with Crippen molar-refractivity contribution in [2.24, 2.45) is 0 Å². The standard InChI is InChI=1S/C20H26ClNO2/c1-3-23-20(24-4-2)12-13-22-15-16-10-11-18(19(21)14-16)17-8-6-5-7-9-17/h5-11,14,20,22H,3-4,12-13,15H2,1-2H3. The molecule has 24 heavy (non-hydrogen) atoms. The molecule has 0 heterocycles. The Hall–Kier alpha value is -1.39. The van der Waals surface area contributed by atoms with Crippen LogP contribution in [0.4, 0.5) is 0 Å². The highest BCUT2D eigenvalue weighted by Gasteiger charge is 2.07. The average molecular weight is 348 g/mol. The molecule has 0 saturated heterocycles. The van der Waals surface area contributed by atoms with Crippen LogP contribution in [0.5, 0.6) is 0 Å². The summed E-state index contributed by atoms with van der Waals surface area (Å²) in [4.78, 5) is 0. The van der Waals surface area contributed by atoms with Gasteiger partial charge >= 0.3 is 0 Å². The van der Waals surface area contributed by atoms with Gasteiger partial charge in [0.05, 0.1) is 0 Å². The van der Waals surface area contributed by atoms with Gasteiger partial charge in [0.25, 0.3) is 0 Å². The Morgan fingerprint density at radius 2 is 1.71 bits per heavy atom. The topological polar surface area (TPSA) is 30.5 Å². The van der Waals surface area contributed by atoms with Gasteiger partial charge in [0, 0.05) is 43.3 Å². The lowest BCUT2D eigenvalue weighted by Gasteiger charge is -2.17. The third kappa shape index (κ3) is 5.91. The first-order valence-corrected chi connectivity index (χ1v) is 8.90. The Balaban J connectivity index is 1.84. The fraction of sp³-hybridized carbons (Fsp3) is 0.400. The third-order valence-electron chi connectivity index (χ3n) is 3.71. The molecule has 0 saturated carbocycles. The van der Waals surface area contributed by atoms with Crippen LogP contribution in [-0.4, -0.2) is 26.0 Å². The van der Waals surface area contributed by atoms with Gasteiger partial charge in [-0.3, -0.25) is 0 Å². The summed E-state index contributed by atoms with van der Waals surface area (Å²) in [6.45, 7) is 6.91. The summed E-state index contributed by atoms with van der Waals surface area (Å²) < 4.78 is 11.1. The highest BCUT2D eigenvalue weighted by Crippen LogP contribution is 2.28. The van der Waals surface area contributed by atoms with Gasteiger partial charge in [-0.25, -0.2) is 0 Å². The lowest BCUT2D eigenvalue weighted by atomic mass is 10.0. The maximum absolute atomic E-state index is 6.44. The van der Waals surface area contributed by atoms with Gasteiger partial charge in [0.15, 0.2) is 6.29 Å². The van der Waals surface area contributed by atoms with Gasteiger partial charge in [-0.2, -0.15) is 0 Å². The van der Waals surface area contributed by atoms with E-state index in [-0.39, 0.29) is 6.29 Å². The molecular formula is C20H26ClNO2. The van der Waals surface area contributed by atoms with E-state index in [0.29, 0.717) is 13.2 Å². The van der Waals surface area contributed by atoms with Crippen molar-refractivity contribution in [2.75, 3.05) is 19.8 Å². The molecule has 130 valence electrons. The fourth-order valence-corrected chi connectivity index (χ4v) is 2.87. The molecule has 0 bridgehead atoms. The van der Waals surface area contributed by atoms with Gasteiger partial charge in [-0.15, -0.1) is 0 Å². The number of hydrogen-bond acceptors (Lipinski definition) is 3. The smallest absolute Gasteiger partial charge is 0.158 e. The lowest BCUT2D eigenvalue weighted by molar-refractivity contribution is -0.138. The Morgan fingerprint density at radius 1 is 1.00 bits per heavy atom. The van der Waals surface area contributed by atoms with E-state index in [0.717, 1.165) is 35.7 Å². The van der Waals surface area contributed by atoms with Crippen molar-refractivity contribution in [3.63, 3.8) is 0 Å². The Kier molecular flexibility index (Phi) is 8.26. The lowest BCUT2D eigenvalue weighted by Crippen LogP contribution is -2.24. The molecule has 0 fully saturated rings. The average Bonchev–Trinajstić information content (AvgIpc) is 2.60. The molecule has 0 spiro atoms. The third-order valence-corrected chi connectivity index (χ3v) is 4.02. The van der Waals surface area contributed by atoms with Crippen molar-refractivity contribution >= 4 is 11.6 Å². The van der Waals surface area contributed by atoms with Crippen LogP contribution in [0.2, 0.25) is 5.02 Å². The van der Waals surface area contributed by atoms with Crippen LogP contribution in [-0.2, 0) is 16.0 Å². The summed E-state index contributed by atoms with van der Waals surface area (Å²) in [7, 11) is 0. The predicted octanol–water partition coefficient (Wildman–Crippen LogP) is 4.89. The highest BCUT2D eigenvalue weighted by atomic mass is 35.5. The molecule has 0 unspecified atom stereocenters. The SMILES string of the molecule is CCOC(CCNCc1ccc(-c2ccccc2)c(Cl)c1)OCC. The summed E-state index contributed by atoms with van der Waals surface area (Å²) in [6, 6.07) is 16.4. The summed E-state index contributed by atoms with van der Waals surface area (Å²) in [5, 5.41) is 4.20. The zero-order valence-electron chi connectivity index (χ0n) is 14.4. The maximum Gasteiger partial charge on any atom is 0.158 e. The molecule has 2 rings (SSSR count). The van der Waals surface area contributed by atoms with Gasteiger partial charge < -0.3 is 14.8 Å². The van der Waals surface area contributed by atoms with Crippen molar-refractivity contribution in [1.82, 2.24) is 5.32 Å². The van der Waals surface area contributed by atoms with E-state index in [1.807, 2.05) is 38.1 Å². The second kappa shape index (κ2) is 10.5. The Labute approximate surface area is 149 Å². The van der Waals surface area contributed by atoms with Crippen LogP contribution in [0.25, 0.3) is 11.1 Å². The van der Waals surface area contributed by atoms with Crippen LogP contribution < -0.4 is 5.32 Å². The summed E-state index contributed by atoms with van der Waals surface area (Å²) in [5.74, 6) is 0. The maximum atomic E-state index is 6.44. The molecule has 0 aliphatic carbocycles. The van der Waals surface area contributed by atoms with Crippen LogP contribution in [0.15, 0.2) is 48.5 Å². The predicted molar refractivity (Wildman–Crippen MR) is 100 cm³/mol. The van der Waals surface area contributed by atoms with E-state index < -0.39 is 0 Å². The summed E-state index contributed by atoms with van der Waals surface area (Å²) in [6.07, 6.45) is 0.703. The number of halogens is 1. The fourth-order valence-electron chi connectivity index (χ4n) is 2.56. The Morgan fingerprint density at radius 3 is 2.33 bits per heavy atom. The second-order valence-corrected chi connectivity index (χ2v) is 5.89. The van der Waals surface area contributed by atoms with E-state index in [1.54, 1.807) is 0 Å². The van der Waals surface area contributed by atoms with E-state index in [1.165, 1.54) is 5.56 Å². The van der Waals surface area contributed by atoms with Crippen LogP contribution in [0.1, 0.15) is 25.8 Å². The molecular weight excluding hydrogens is 322 g/mol. The number of nitrogens with one attached hydrogen (secondary N) is 1. The monoisotopic (exact) mass is 347 g/mol. The van der Waals surface area contributed by atoms with E-state index in [2.05, 4.69) is 29.6 Å². The molecule has 1 N–H and O–H groups in total. The van der Waals surface area contributed by atoms with E-state index >= 15 is 0 Å². The Bertz CT molecular complexity index is 598. The quantitative estimate of drug-likeness (QED) is 0.490. The molecule has 4 heteroatoms. The van der Waals surface area contributed by atoms with E-state index in [9.17, 15) is 0 Å². The molecule has 3 nitrogen and oxygen atoms in total. The van der Waals surface area contributed by atoms with Crippen LogP contribution >= 0.6 is 11.6 Å². The van der Waals surface area contributed by atoms with Crippen molar-refractivity contribution in [3.8, 4) is 11.1 Å². The number of hydrogen-bond donors (Lipinski definition) is 1. The molecule has 2 aromatic rings. The van der Waals surface area contributed by atoms with E-state index in [4.69, 9.17) is 21.1 Å². The molecule has 0 amide bonds. The number of ether oxygens (including phenoxy) is 2. The van der Waals surface area contributed by atoms with Crippen LogP contribution in [0, 0.1) is 0 Å². The normalized spacial score (nSPS) is 11.2. The van der Waals surface area contributed by atoms with Crippen molar-refractivity contribution < 1.29 is 9.47 Å². The first-order valence-electron chi connectivity index (χ1n) is 8.52. The first kappa shape index (κ1) is 18.9. The number of rotatable bonds is 10. The van der Waals surface area contributed by atoms with Crippen molar-refractivity contribution in [2.45, 2.75) is 33.1 Å². The molecule has 0 aliphatic heterocycles. The summed E-state index contributed by atoms with van der Waals surface area (Å²) in [5.41, 5.74) is 3.37. The minimum Gasteiger partial charge on any atom is -0.353 e.